The van der Waals surface area contributed by atoms with E-state index in [4.69, 9.17) is 4.74 Å². The molecule has 0 aliphatic heterocycles. The Labute approximate surface area is 169 Å². The summed E-state index contributed by atoms with van der Waals surface area (Å²) in [6.07, 6.45) is 0.708. The van der Waals surface area contributed by atoms with Gasteiger partial charge in [-0.25, -0.2) is 9.18 Å². The molecule has 1 amide bonds. The average molecular weight is 404 g/mol. The number of hydrogen-bond acceptors (Lipinski definition) is 4. The number of carbonyl (C=O) groups is 3. The van der Waals surface area contributed by atoms with Crippen LogP contribution in [0.15, 0.2) is 24.3 Å². The molecule has 3 N–H and O–H groups in total. The second-order valence-electron chi connectivity index (χ2n) is 6.97. The molecule has 0 aliphatic carbocycles. The fourth-order valence-electron chi connectivity index (χ4n) is 3.02. The van der Waals surface area contributed by atoms with Crippen molar-refractivity contribution in [1.82, 2.24) is 10.3 Å². The molecule has 0 saturated heterocycles. The lowest BCUT2D eigenvalue weighted by molar-refractivity contribution is -0.858. The van der Waals surface area contributed by atoms with Gasteiger partial charge in [0.25, 0.3) is 11.7 Å². The number of aromatic nitrogens is 1. The third-order valence-corrected chi connectivity index (χ3v) is 4.38. The summed E-state index contributed by atoms with van der Waals surface area (Å²) < 4.78 is 19.6. The molecule has 8 heteroatoms. The lowest BCUT2D eigenvalue weighted by atomic mass is 9.97. The minimum absolute atomic E-state index is 0.0388. The van der Waals surface area contributed by atoms with Crippen molar-refractivity contribution in [2.75, 3.05) is 33.8 Å². The standard InChI is InChI=1S/C21H26FN3O4/c1-5-29-21(28)16-13(2)24-18(17(16)14-9-6-7-10-15(14)22)19(26)20(27)23-11-8-12-25(3)4/h6-7,9-10,24H,5,8,11-12H2,1-4H3,(H,23,27)/p+1. The number of ether oxygens (including phenoxy) is 1. The van der Waals surface area contributed by atoms with Crippen LogP contribution in [0, 0.1) is 12.7 Å². The summed E-state index contributed by atoms with van der Waals surface area (Å²) in [5.41, 5.74) is 0.328. The second kappa shape index (κ2) is 9.97. The molecule has 1 aromatic carbocycles. The molecule has 7 nitrogen and oxygen atoms in total. The van der Waals surface area contributed by atoms with Gasteiger partial charge in [0.1, 0.15) is 11.5 Å². The maximum atomic E-state index is 14.5. The Balaban J connectivity index is 2.42. The topological polar surface area (TPSA) is 92.7 Å². The molecule has 1 heterocycles. The van der Waals surface area contributed by atoms with Gasteiger partial charge in [0.2, 0.25) is 0 Å². The van der Waals surface area contributed by atoms with Crippen molar-refractivity contribution in [3.05, 3.63) is 47.0 Å². The van der Waals surface area contributed by atoms with Crippen LogP contribution in [-0.2, 0) is 9.53 Å². The molecule has 0 bridgehead atoms. The third-order valence-electron chi connectivity index (χ3n) is 4.38. The predicted molar refractivity (Wildman–Crippen MR) is 107 cm³/mol. The van der Waals surface area contributed by atoms with Gasteiger partial charge in [-0.05, 0) is 19.9 Å². The van der Waals surface area contributed by atoms with E-state index in [2.05, 4.69) is 10.3 Å². The zero-order valence-electron chi connectivity index (χ0n) is 17.1. The molecule has 0 atom stereocenters. The zero-order valence-corrected chi connectivity index (χ0v) is 17.1. The molecule has 2 aromatic rings. The highest BCUT2D eigenvalue weighted by molar-refractivity contribution is 6.43. The molecule has 0 unspecified atom stereocenters. The number of Topliss-reactive ketones (excluding diaryl/α,β-unsaturated/α-hetero) is 1. The minimum atomic E-state index is -0.862. The second-order valence-corrected chi connectivity index (χ2v) is 6.97. The van der Waals surface area contributed by atoms with Crippen LogP contribution in [0.4, 0.5) is 4.39 Å². The highest BCUT2D eigenvalue weighted by atomic mass is 19.1. The number of ketones is 1. The summed E-state index contributed by atoms with van der Waals surface area (Å²) in [7, 11) is 3.98. The Morgan fingerprint density at radius 2 is 1.90 bits per heavy atom. The summed E-state index contributed by atoms with van der Waals surface area (Å²) in [5.74, 6) is -2.97. The van der Waals surface area contributed by atoms with Crippen LogP contribution in [0.1, 0.15) is 39.9 Å². The van der Waals surface area contributed by atoms with Gasteiger partial charge in [0.15, 0.2) is 0 Å². The first kappa shape index (κ1) is 22.3. The summed E-state index contributed by atoms with van der Waals surface area (Å²) in [6, 6.07) is 5.77. The molecule has 0 radical (unpaired) electrons. The van der Waals surface area contributed by atoms with E-state index in [0.717, 1.165) is 6.54 Å². The number of benzene rings is 1. The highest BCUT2D eigenvalue weighted by Crippen LogP contribution is 2.33. The van der Waals surface area contributed by atoms with Gasteiger partial charge >= 0.3 is 5.97 Å². The maximum absolute atomic E-state index is 14.5. The molecule has 0 aliphatic rings. The largest absolute Gasteiger partial charge is 0.462 e. The Kier molecular flexibility index (Phi) is 7.67. The average Bonchev–Trinajstić information content (AvgIpc) is 3.01. The van der Waals surface area contributed by atoms with E-state index in [-0.39, 0.29) is 29.0 Å². The minimum Gasteiger partial charge on any atom is -0.462 e. The maximum Gasteiger partial charge on any atom is 0.340 e. The van der Waals surface area contributed by atoms with Crippen LogP contribution in [0.5, 0.6) is 0 Å². The monoisotopic (exact) mass is 404 g/mol. The van der Waals surface area contributed by atoms with E-state index in [9.17, 15) is 18.8 Å². The van der Waals surface area contributed by atoms with Crippen LogP contribution in [0.2, 0.25) is 0 Å². The molecule has 0 fully saturated rings. The van der Waals surface area contributed by atoms with E-state index in [1.54, 1.807) is 19.9 Å². The van der Waals surface area contributed by atoms with Gasteiger partial charge in [-0.15, -0.1) is 0 Å². The number of aryl methyl sites for hydroxylation is 1. The Morgan fingerprint density at radius 1 is 1.21 bits per heavy atom. The molecule has 0 saturated carbocycles. The molecular weight excluding hydrogens is 377 g/mol. The van der Waals surface area contributed by atoms with E-state index in [1.165, 1.54) is 23.1 Å². The first-order chi connectivity index (χ1) is 13.8. The number of esters is 1. The number of halogens is 1. The van der Waals surface area contributed by atoms with Gasteiger partial charge in [-0.1, -0.05) is 18.2 Å². The lowest BCUT2D eigenvalue weighted by Gasteiger charge is -2.10. The fourth-order valence-corrected chi connectivity index (χ4v) is 3.02. The predicted octanol–water partition coefficient (Wildman–Crippen LogP) is 1.14. The lowest BCUT2D eigenvalue weighted by Crippen LogP contribution is -3.05. The van der Waals surface area contributed by atoms with Crippen molar-refractivity contribution in [1.29, 1.82) is 0 Å². The summed E-state index contributed by atoms with van der Waals surface area (Å²) in [6.45, 7) is 4.53. The van der Waals surface area contributed by atoms with Crippen molar-refractivity contribution < 1.29 is 28.4 Å². The van der Waals surface area contributed by atoms with Crippen LogP contribution in [0.25, 0.3) is 11.1 Å². The van der Waals surface area contributed by atoms with Crippen LogP contribution >= 0.6 is 0 Å². The van der Waals surface area contributed by atoms with Crippen molar-refractivity contribution in [3.63, 3.8) is 0 Å². The highest BCUT2D eigenvalue weighted by Gasteiger charge is 2.30. The van der Waals surface area contributed by atoms with Crippen molar-refractivity contribution >= 4 is 17.7 Å². The van der Waals surface area contributed by atoms with Crippen molar-refractivity contribution in [3.8, 4) is 11.1 Å². The van der Waals surface area contributed by atoms with Crippen LogP contribution in [0.3, 0.4) is 0 Å². The van der Waals surface area contributed by atoms with Crippen LogP contribution < -0.4 is 10.2 Å². The van der Waals surface area contributed by atoms with Crippen molar-refractivity contribution in [2.45, 2.75) is 20.3 Å². The summed E-state index contributed by atoms with van der Waals surface area (Å²) in [5, 5.41) is 2.58. The smallest absolute Gasteiger partial charge is 0.340 e. The first-order valence-corrected chi connectivity index (χ1v) is 9.54. The van der Waals surface area contributed by atoms with Gasteiger partial charge < -0.3 is 19.9 Å². The Hall–Kier alpha value is -3.00. The molecule has 2 rings (SSSR count). The number of nitrogens with one attached hydrogen (secondary N) is 3. The van der Waals surface area contributed by atoms with E-state index >= 15 is 0 Å². The quantitative estimate of drug-likeness (QED) is 0.253. The van der Waals surface area contributed by atoms with Crippen LogP contribution in [-0.4, -0.2) is 56.4 Å². The SMILES string of the molecule is CCOC(=O)c1c(C)[nH]c(C(=O)C(=O)NCCC[NH+](C)C)c1-c1ccccc1F. The Bertz CT molecular complexity index is 905. The normalized spacial score (nSPS) is 10.8. The number of quaternary nitrogens is 1. The van der Waals surface area contributed by atoms with E-state index in [1.807, 2.05) is 14.1 Å². The Morgan fingerprint density at radius 3 is 2.52 bits per heavy atom. The molecule has 29 heavy (non-hydrogen) atoms. The van der Waals surface area contributed by atoms with Gasteiger partial charge in [-0.2, -0.15) is 0 Å². The van der Waals surface area contributed by atoms with E-state index < -0.39 is 23.5 Å². The van der Waals surface area contributed by atoms with Gasteiger partial charge in [-0.3, -0.25) is 9.59 Å². The van der Waals surface area contributed by atoms with Gasteiger partial charge in [0, 0.05) is 29.8 Å². The molecule has 156 valence electrons. The molecule has 1 aromatic heterocycles. The molecule has 0 spiro atoms. The number of aromatic amines is 1. The fraction of sp³-hybridized carbons (Fsp3) is 0.381. The molecular formula is C21H27FN3O4+. The summed E-state index contributed by atoms with van der Waals surface area (Å²) >= 11 is 0. The number of carbonyl (C=O) groups excluding carboxylic acids is 3. The zero-order chi connectivity index (χ0) is 21.6. The number of rotatable bonds is 9. The number of hydrogen-bond donors (Lipinski definition) is 3. The first-order valence-electron chi connectivity index (χ1n) is 9.54. The van der Waals surface area contributed by atoms with Crippen molar-refractivity contribution in [2.24, 2.45) is 0 Å². The van der Waals surface area contributed by atoms with E-state index in [0.29, 0.717) is 18.7 Å². The number of amides is 1. The third kappa shape index (κ3) is 5.29. The number of H-pyrrole nitrogens is 1. The van der Waals surface area contributed by atoms with Gasteiger partial charge in [0.05, 0.1) is 32.8 Å². The summed E-state index contributed by atoms with van der Waals surface area (Å²) in [4.78, 5) is 41.7.